The third-order valence-electron chi connectivity index (χ3n) is 7.05. The topological polar surface area (TPSA) is 37.4 Å². The highest BCUT2D eigenvalue weighted by atomic mass is 16.5. The molecule has 0 bridgehead atoms. The number of hydrogen-bond donors (Lipinski definition) is 0. The van der Waals surface area contributed by atoms with Crippen molar-refractivity contribution in [2.75, 3.05) is 7.05 Å². The molecule has 0 amide bonds. The summed E-state index contributed by atoms with van der Waals surface area (Å²) < 4.78 is 16.4. The average molecular weight is 546 g/mol. The molecule has 0 unspecified atom stereocenters. The number of pyridine rings is 1. The van der Waals surface area contributed by atoms with Crippen molar-refractivity contribution >= 4 is 22.5 Å². The van der Waals surface area contributed by atoms with Gasteiger partial charge in [-0.25, -0.2) is 0 Å². The van der Waals surface area contributed by atoms with Gasteiger partial charge in [0.2, 0.25) is 11.9 Å². The van der Waals surface area contributed by atoms with E-state index in [0.29, 0.717) is 0 Å². The van der Waals surface area contributed by atoms with E-state index in [0.717, 1.165) is 61.8 Å². The molecular formula is C37H27N3O2+2. The zero-order chi connectivity index (χ0) is 28.3. The quantitative estimate of drug-likeness (QED) is 0.188. The maximum atomic E-state index is 6.43. The number of nitrogens with zero attached hydrogens (tertiary/aromatic N) is 3. The van der Waals surface area contributed by atoms with E-state index in [-0.39, 0.29) is 0 Å². The molecule has 0 N–H and O–H groups in total. The van der Waals surface area contributed by atoms with Gasteiger partial charge in [0.15, 0.2) is 7.05 Å². The number of para-hydroxylation sites is 1. The molecule has 6 aromatic rings. The Bertz CT molecular complexity index is 2040. The molecule has 0 spiro atoms. The van der Waals surface area contributed by atoms with Gasteiger partial charge < -0.3 is 9.47 Å². The molecule has 0 saturated heterocycles. The van der Waals surface area contributed by atoms with E-state index in [1.807, 2.05) is 120 Å². The van der Waals surface area contributed by atoms with E-state index < -0.39 is 0 Å². The van der Waals surface area contributed by atoms with Crippen molar-refractivity contribution in [1.82, 2.24) is 4.98 Å². The summed E-state index contributed by atoms with van der Waals surface area (Å²) in [6.07, 6.45) is 5.81. The zero-order valence-corrected chi connectivity index (χ0v) is 23.0. The molecule has 0 atom stereocenters. The second-order valence-electron chi connectivity index (χ2n) is 10.0. The maximum absolute atomic E-state index is 6.43. The van der Waals surface area contributed by atoms with Crippen LogP contribution in [0.4, 0.5) is 5.69 Å². The molecule has 1 aromatic heterocycles. The van der Waals surface area contributed by atoms with Crippen molar-refractivity contribution in [3.63, 3.8) is 0 Å². The van der Waals surface area contributed by atoms with Crippen LogP contribution in [0.3, 0.4) is 0 Å². The van der Waals surface area contributed by atoms with Gasteiger partial charge in [-0.05, 0) is 77.2 Å². The van der Waals surface area contributed by atoms with Gasteiger partial charge in [-0.3, -0.25) is 4.98 Å². The van der Waals surface area contributed by atoms with Crippen LogP contribution in [0.5, 0.6) is 23.0 Å². The molecule has 200 valence electrons. The number of aromatic nitrogens is 1. The summed E-state index contributed by atoms with van der Waals surface area (Å²) in [5, 5.41) is 2.23. The predicted octanol–water partition coefficient (Wildman–Crippen LogP) is 9.10. The predicted molar refractivity (Wildman–Crippen MR) is 166 cm³/mol. The van der Waals surface area contributed by atoms with Crippen molar-refractivity contribution in [2.24, 2.45) is 0 Å². The lowest BCUT2D eigenvalue weighted by Crippen LogP contribution is -1.96. The molecule has 7 rings (SSSR count). The minimum Gasteiger partial charge on any atom is -0.457 e. The number of fused-ring (bicyclic) bond motifs is 1. The number of ether oxygens (including phenoxy) is 2. The Morgan fingerprint density at radius 3 is 2.07 bits per heavy atom. The van der Waals surface area contributed by atoms with Gasteiger partial charge in [0.25, 0.3) is 6.20 Å². The Balaban J connectivity index is 1.18. The van der Waals surface area contributed by atoms with Crippen LogP contribution in [-0.2, 0) is 0 Å². The van der Waals surface area contributed by atoms with Gasteiger partial charge in [0, 0.05) is 11.8 Å². The second kappa shape index (κ2) is 11.0. The molecule has 1 aliphatic heterocycles. The van der Waals surface area contributed by atoms with Crippen molar-refractivity contribution < 1.29 is 18.6 Å². The Hall–Kier alpha value is -5.77. The largest absolute Gasteiger partial charge is 0.495 e. The van der Waals surface area contributed by atoms with E-state index in [9.17, 15) is 0 Å². The fourth-order valence-electron chi connectivity index (χ4n) is 5.05. The van der Waals surface area contributed by atoms with E-state index in [4.69, 9.17) is 9.47 Å². The summed E-state index contributed by atoms with van der Waals surface area (Å²) in [6.45, 7) is 0. The highest BCUT2D eigenvalue weighted by Crippen LogP contribution is 2.35. The minimum absolute atomic E-state index is 0.737. The number of rotatable bonds is 7. The monoisotopic (exact) mass is 545 g/mol. The van der Waals surface area contributed by atoms with Crippen LogP contribution in [0.15, 0.2) is 146 Å². The lowest BCUT2D eigenvalue weighted by molar-refractivity contribution is -0.429. The summed E-state index contributed by atoms with van der Waals surface area (Å²) >= 11 is 0. The van der Waals surface area contributed by atoms with Gasteiger partial charge in [-0.1, -0.05) is 69.8 Å². The fraction of sp³-hybridized carbons (Fsp3) is 0.0270. The highest BCUT2D eigenvalue weighted by Gasteiger charge is 2.21. The van der Waals surface area contributed by atoms with E-state index >= 15 is 0 Å². The second-order valence-corrected chi connectivity index (χ2v) is 10.0. The highest BCUT2D eigenvalue weighted by molar-refractivity contribution is 5.92. The van der Waals surface area contributed by atoms with Crippen LogP contribution in [0, 0.1) is 0 Å². The first-order valence-electron chi connectivity index (χ1n) is 13.8. The lowest BCUT2D eigenvalue weighted by atomic mass is 10.0. The molecule has 0 radical (unpaired) electrons. The minimum atomic E-state index is 0.737. The smallest absolute Gasteiger partial charge is 0.457 e. The SMILES string of the molecule is C[N+]1=C=[N+](c2cc(Oc3cccc(-c4cc(-c5cccc(Oc6ccccc6)c5)ccn4)c3)cc3ccccc23)C=C1. The molecule has 5 heteroatoms. The molecule has 5 aromatic carbocycles. The van der Waals surface area contributed by atoms with E-state index in [1.54, 1.807) is 0 Å². The van der Waals surface area contributed by atoms with Crippen LogP contribution < -0.4 is 9.47 Å². The normalized spacial score (nSPS) is 12.2. The van der Waals surface area contributed by atoms with Crippen molar-refractivity contribution in [3.8, 4) is 45.4 Å². The van der Waals surface area contributed by atoms with Crippen LogP contribution in [0.1, 0.15) is 0 Å². The van der Waals surface area contributed by atoms with Gasteiger partial charge in [0.05, 0.1) is 17.1 Å². The van der Waals surface area contributed by atoms with Crippen LogP contribution in [0.25, 0.3) is 33.2 Å². The molecule has 0 aliphatic carbocycles. The Morgan fingerprint density at radius 1 is 0.571 bits per heavy atom. The molecule has 5 nitrogen and oxygen atoms in total. The molecule has 1 aliphatic rings. The summed E-state index contributed by atoms with van der Waals surface area (Å²) in [6, 6.07) is 45.8. The van der Waals surface area contributed by atoms with Crippen LogP contribution >= 0.6 is 0 Å². The van der Waals surface area contributed by atoms with Gasteiger partial charge >= 0.3 is 6.01 Å². The fourth-order valence-corrected chi connectivity index (χ4v) is 5.05. The molecular weight excluding hydrogens is 518 g/mol. The molecule has 0 fully saturated rings. The molecule has 0 saturated carbocycles. The Kier molecular flexibility index (Phi) is 6.61. The van der Waals surface area contributed by atoms with E-state index in [2.05, 4.69) is 53.5 Å². The van der Waals surface area contributed by atoms with Gasteiger partial charge in [-0.15, -0.1) is 0 Å². The summed E-state index contributed by atoms with van der Waals surface area (Å²) in [5.41, 5.74) is 4.95. The first-order chi connectivity index (χ1) is 20.7. The van der Waals surface area contributed by atoms with Crippen LogP contribution in [0.2, 0.25) is 0 Å². The summed E-state index contributed by atoms with van der Waals surface area (Å²) in [7, 11) is 1.96. The number of hydrogen-bond acceptors (Lipinski definition) is 3. The number of benzene rings is 5. The van der Waals surface area contributed by atoms with Crippen molar-refractivity contribution in [1.29, 1.82) is 0 Å². The first-order valence-corrected chi connectivity index (χ1v) is 13.8. The standard InChI is InChI=1S/C37H27N3O2/c1-39-19-20-40(26-39)37-25-34(22-29-9-5-6-16-35(29)37)42-33-15-8-11-30(23-33)36-24-28(17-18-38-36)27-10-7-14-32(21-27)41-31-12-3-2-4-13-31/h2-25H,1H3/q+2. The average Bonchev–Trinajstić information content (AvgIpc) is 3.47. The third-order valence-corrected chi connectivity index (χ3v) is 7.05. The third kappa shape index (κ3) is 5.33. The lowest BCUT2D eigenvalue weighted by Gasteiger charge is -2.11. The van der Waals surface area contributed by atoms with Gasteiger partial charge in [-0.2, -0.15) is 0 Å². The first kappa shape index (κ1) is 25.2. The summed E-state index contributed by atoms with van der Waals surface area (Å²) in [5.74, 6) is 3.08. The van der Waals surface area contributed by atoms with Gasteiger partial charge in [0.1, 0.15) is 23.0 Å². The van der Waals surface area contributed by atoms with Crippen molar-refractivity contribution in [2.45, 2.75) is 0 Å². The molecule has 42 heavy (non-hydrogen) atoms. The van der Waals surface area contributed by atoms with Crippen LogP contribution in [-0.4, -0.2) is 27.2 Å². The Labute approximate surface area is 244 Å². The summed E-state index contributed by atoms with van der Waals surface area (Å²) in [4.78, 5) is 4.67. The van der Waals surface area contributed by atoms with Crippen molar-refractivity contribution in [3.05, 3.63) is 146 Å². The zero-order valence-electron chi connectivity index (χ0n) is 23.0. The Morgan fingerprint density at radius 2 is 1.26 bits per heavy atom. The van der Waals surface area contributed by atoms with E-state index in [1.165, 1.54) is 0 Å². The molecule has 2 heterocycles. The maximum Gasteiger partial charge on any atom is 0.495 e.